The molecule has 84 valence electrons. The predicted molar refractivity (Wildman–Crippen MR) is 60.1 cm³/mol. The van der Waals surface area contributed by atoms with Gasteiger partial charge in [0.15, 0.2) is 0 Å². The maximum Gasteiger partial charge on any atom is 0.256 e. The number of aromatic nitrogens is 1. The lowest BCUT2D eigenvalue weighted by Crippen LogP contribution is -2.07. The Labute approximate surface area is 94.6 Å². The summed E-state index contributed by atoms with van der Waals surface area (Å²) in [6, 6.07) is 0. The highest BCUT2D eigenvalue weighted by Crippen LogP contribution is 2.29. The fraction of sp³-hybridized carbons (Fsp3) is 0.727. The lowest BCUT2D eigenvalue weighted by molar-refractivity contribution is 0.184. The maximum absolute atomic E-state index is 5.36. The Morgan fingerprint density at radius 3 is 3.13 bits per heavy atom. The van der Waals surface area contributed by atoms with Crippen LogP contribution in [0.4, 0.5) is 0 Å². The Morgan fingerprint density at radius 1 is 1.67 bits per heavy atom. The van der Waals surface area contributed by atoms with E-state index in [1.807, 2.05) is 6.92 Å². The summed E-state index contributed by atoms with van der Waals surface area (Å²) in [6.07, 6.45) is 4.09. The molecule has 1 saturated heterocycles. The van der Waals surface area contributed by atoms with E-state index in [1.54, 1.807) is 18.0 Å². The van der Waals surface area contributed by atoms with Crippen molar-refractivity contribution in [2.45, 2.75) is 37.2 Å². The van der Waals surface area contributed by atoms with Crippen molar-refractivity contribution in [3.63, 3.8) is 0 Å². The lowest BCUT2D eigenvalue weighted by Gasteiger charge is -2.12. The maximum atomic E-state index is 5.36. The van der Waals surface area contributed by atoms with Gasteiger partial charge in [-0.3, -0.25) is 0 Å². The highest BCUT2D eigenvalue weighted by Gasteiger charge is 2.19. The van der Waals surface area contributed by atoms with E-state index in [9.17, 15) is 0 Å². The van der Waals surface area contributed by atoms with Gasteiger partial charge in [-0.25, -0.2) is 4.98 Å². The van der Waals surface area contributed by atoms with Crippen LogP contribution in [0, 0.1) is 12.8 Å². The number of oxazole rings is 1. The Balaban J connectivity index is 1.78. The lowest BCUT2D eigenvalue weighted by atomic mass is 10.0. The minimum atomic E-state index is 0.551. The summed E-state index contributed by atoms with van der Waals surface area (Å²) < 4.78 is 10.7. The zero-order valence-corrected chi connectivity index (χ0v) is 10.0. The van der Waals surface area contributed by atoms with E-state index < -0.39 is 0 Å². The van der Waals surface area contributed by atoms with E-state index in [0.717, 1.165) is 30.0 Å². The first-order valence-corrected chi connectivity index (χ1v) is 6.28. The molecule has 1 aliphatic heterocycles. The first kappa shape index (κ1) is 11.0. The summed E-state index contributed by atoms with van der Waals surface area (Å²) in [6.45, 7) is 6.03. The second kappa shape index (κ2) is 5.03. The molecular weight excluding hydrogens is 210 g/mol. The normalized spacial score (nSPS) is 23.2. The third-order valence-electron chi connectivity index (χ3n) is 2.59. The molecule has 1 aromatic heterocycles. The minimum Gasteiger partial charge on any atom is -0.440 e. The molecule has 2 heterocycles. The molecule has 2 rings (SSSR count). The van der Waals surface area contributed by atoms with Gasteiger partial charge in [0.25, 0.3) is 5.22 Å². The van der Waals surface area contributed by atoms with Crippen LogP contribution in [0.3, 0.4) is 0 Å². The van der Waals surface area contributed by atoms with Crippen molar-refractivity contribution >= 4 is 11.8 Å². The summed E-state index contributed by atoms with van der Waals surface area (Å²) in [5, 5.41) is 1.34. The Morgan fingerprint density at radius 2 is 2.53 bits per heavy atom. The van der Waals surface area contributed by atoms with Gasteiger partial charge >= 0.3 is 0 Å². The molecule has 1 aliphatic rings. The van der Waals surface area contributed by atoms with Crippen molar-refractivity contribution in [3.05, 3.63) is 12.0 Å². The van der Waals surface area contributed by atoms with Crippen LogP contribution in [-0.2, 0) is 4.74 Å². The first-order chi connectivity index (χ1) is 7.24. The van der Waals surface area contributed by atoms with Crippen molar-refractivity contribution in [2.24, 2.45) is 5.92 Å². The molecule has 4 heteroatoms. The van der Waals surface area contributed by atoms with E-state index in [4.69, 9.17) is 9.15 Å². The third kappa shape index (κ3) is 3.24. The predicted octanol–water partition coefficient (Wildman–Crippen LogP) is 2.89. The number of nitrogens with zero attached hydrogens (tertiary/aromatic N) is 1. The minimum absolute atomic E-state index is 0.551. The van der Waals surface area contributed by atoms with Gasteiger partial charge < -0.3 is 9.15 Å². The fourth-order valence-corrected chi connectivity index (χ4v) is 2.86. The molecule has 0 radical (unpaired) electrons. The van der Waals surface area contributed by atoms with Crippen LogP contribution in [0.25, 0.3) is 0 Å². The highest BCUT2D eigenvalue weighted by atomic mass is 32.2. The standard InChI is InChI=1S/C11H17NO2S/c1-8-6-14-11(12-8)15-9(2)5-10-3-4-13-7-10/h6,9-10H,3-5,7H2,1-2H3. The van der Waals surface area contributed by atoms with Gasteiger partial charge in [-0.05, 0) is 25.7 Å². The number of hydrogen-bond donors (Lipinski definition) is 0. The van der Waals surface area contributed by atoms with Crippen LogP contribution in [-0.4, -0.2) is 23.4 Å². The molecular formula is C11H17NO2S. The van der Waals surface area contributed by atoms with Gasteiger partial charge in [0.2, 0.25) is 0 Å². The van der Waals surface area contributed by atoms with E-state index >= 15 is 0 Å². The van der Waals surface area contributed by atoms with Crippen LogP contribution in [0.2, 0.25) is 0 Å². The van der Waals surface area contributed by atoms with Crippen LogP contribution in [0.15, 0.2) is 15.9 Å². The zero-order valence-electron chi connectivity index (χ0n) is 9.23. The Bertz CT molecular complexity index is 307. The summed E-state index contributed by atoms with van der Waals surface area (Å²) in [4.78, 5) is 4.29. The molecule has 0 aromatic carbocycles. The van der Waals surface area contributed by atoms with Gasteiger partial charge in [0.1, 0.15) is 6.26 Å². The van der Waals surface area contributed by atoms with E-state index in [2.05, 4.69) is 11.9 Å². The average Bonchev–Trinajstić information content (AvgIpc) is 2.77. The Kier molecular flexibility index (Phi) is 3.70. The smallest absolute Gasteiger partial charge is 0.256 e. The van der Waals surface area contributed by atoms with Crippen molar-refractivity contribution in [1.29, 1.82) is 0 Å². The van der Waals surface area contributed by atoms with E-state index in [0.29, 0.717) is 5.25 Å². The second-order valence-corrected chi connectivity index (χ2v) is 5.54. The molecule has 15 heavy (non-hydrogen) atoms. The third-order valence-corrected chi connectivity index (χ3v) is 3.57. The van der Waals surface area contributed by atoms with Gasteiger partial charge in [-0.1, -0.05) is 18.7 Å². The monoisotopic (exact) mass is 227 g/mol. The van der Waals surface area contributed by atoms with Crippen molar-refractivity contribution in [2.75, 3.05) is 13.2 Å². The quantitative estimate of drug-likeness (QED) is 0.741. The number of ether oxygens (including phenoxy) is 1. The van der Waals surface area contributed by atoms with Crippen molar-refractivity contribution in [1.82, 2.24) is 4.98 Å². The van der Waals surface area contributed by atoms with E-state index in [1.165, 1.54) is 12.8 Å². The summed E-state index contributed by atoms with van der Waals surface area (Å²) in [5.74, 6) is 0.726. The molecule has 0 saturated carbocycles. The van der Waals surface area contributed by atoms with Crippen molar-refractivity contribution in [3.8, 4) is 0 Å². The summed E-state index contributed by atoms with van der Waals surface area (Å²) >= 11 is 1.72. The summed E-state index contributed by atoms with van der Waals surface area (Å²) in [7, 11) is 0. The second-order valence-electron chi connectivity index (χ2n) is 4.15. The first-order valence-electron chi connectivity index (χ1n) is 5.40. The van der Waals surface area contributed by atoms with E-state index in [-0.39, 0.29) is 0 Å². The number of hydrogen-bond acceptors (Lipinski definition) is 4. The topological polar surface area (TPSA) is 35.3 Å². The van der Waals surface area contributed by atoms with Gasteiger partial charge in [0, 0.05) is 18.5 Å². The van der Waals surface area contributed by atoms with Gasteiger partial charge in [0.05, 0.1) is 5.69 Å². The molecule has 2 unspecified atom stereocenters. The molecule has 0 amide bonds. The van der Waals surface area contributed by atoms with Crippen LogP contribution < -0.4 is 0 Å². The number of rotatable bonds is 4. The largest absolute Gasteiger partial charge is 0.440 e. The molecule has 0 bridgehead atoms. The molecule has 0 aliphatic carbocycles. The Hall–Kier alpha value is -0.480. The number of aryl methyl sites for hydroxylation is 1. The van der Waals surface area contributed by atoms with Crippen molar-refractivity contribution < 1.29 is 9.15 Å². The summed E-state index contributed by atoms with van der Waals surface area (Å²) in [5.41, 5.74) is 0.953. The van der Waals surface area contributed by atoms with Crippen LogP contribution in [0.1, 0.15) is 25.5 Å². The molecule has 0 spiro atoms. The molecule has 3 nitrogen and oxygen atoms in total. The van der Waals surface area contributed by atoms with Crippen LogP contribution in [0.5, 0.6) is 0 Å². The van der Waals surface area contributed by atoms with Gasteiger partial charge in [-0.2, -0.15) is 0 Å². The van der Waals surface area contributed by atoms with Gasteiger partial charge in [-0.15, -0.1) is 0 Å². The molecule has 2 atom stereocenters. The molecule has 0 N–H and O–H groups in total. The zero-order chi connectivity index (χ0) is 10.7. The number of thioether (sulfide) groups is 1. The SMILES string of the molecule is Cc1coc(SC(C)CC2CCOC2)n1. The average molecular weight is 227 g/mol. The highest BCUT2D eigenvalue weighted by molar-refractivity contribution is 7.99. The molecule has 1 fully saturated rings. The fourth-order valence-electron chi connectivity index (χ4n) is 1.85. The molecule has 1 aromatic rings. The van der Waals surface area contributed by atoms with Crippen LogP contribution >= 0.6 is 11.8 Å².